The minimum absolute atomic E-state index is 0.0301. The number of likely N-dealkylation sites (tertiary alicyclic amines) is 1. The van der Waals surface area contributed by atoms with Crippen LogP contribution in [0.15, 0.2) is 0 Å². The fourth-order valence-corrected chi connectivity index (χ4v) is 2.10. The minimum atomic E-state index is 0.0301. The topological polar surface area (TPSA) is 43.4 Å². The highest BCUT2D eigenvalue weighted by atomic mass is 16.3. The molecule has 0 amide bonds. The van der Waals surface area contributed by atoms with Gasteiger partial charge in [-0.1, -0.05) is 6.42 Å². The molecule has 0 saturated carbocycles. The Morgan fingerprint density at radius 1 is 1.38 bits per heavy atom. The summed E-state index contributed by atoms with van der Waals surface area (Å²) in [7, 11) is 0. The first kappa shape index (κ1) is 11.0. The van der Waals surface area contributed by atoms with Crippen molar-refractivity contribution in [3.05, 3.63) is 0 Å². The van der Waals surface area contributed by atoms with Crippen molar-refractivity contribution in [3.63, 3.8) is 0 Å². The fraction of sp³-hybridized carbons (Fsp3) is 1.00. The van der Waals surface area contributed by atoms with Crippen molar-refractivity contribution in [1.82, 2.24) is 4.90 Å². The smallest absolute Gasteiger partial charge is 0.0834 e. The molecule has 1 atom stereocenters. The van der Waals surface area contributed by atoms with Gasteiger partial charge >= 0.3 is 0 Å². The summed E-state index contributed by atoms with van der Waals surface area (Å²) in [5.74, 6) is 0. The number of aliphatic hydroxyl groups excluding tert-OH is 1. The van der Waals surface area contributed by atoms with Crippen LogP contribution in [0.5, 0.6) is 0 Å². The van der Waals surface area contributed by atoms with E-state index in [-0.39, 0.29) is 13.2 Å². The van der Waals surface area contributed by atoms with Crippen LogP contribution in [0.25, 0.3) is 0 Å². The molecule has 0 bridgehead atoms. The second kappa shape index (κ2) is 6.35. The zero-order chi connectivity index (χ0) is 9.52. The van der Waals surface area contributed by atoms with Crippen molar-refractivity contribution in [3.8, 4) is 0 Å². The Morgan fingerprint density at radius 2 is 2.23 bits per heavy atom. The Hall–Kier alpha value is -0.120. The first-order chi connectivity index (χ1) is 6.38. The Kier molecular flexibility index (Phi) is 5.35. The predicted molar refractivity (Wildman–Crippen MR) is 51.1 cm³/mol. The Morgan fingerprint density at radius 3 is 2.92 bits per heavy atom. The van der Waals surface area contributed by atoms with E-state index >= 15 is 0 Å². The van der Waals surface area contributed by atoms with Gasteiger partial charge in [0, 0.05) is 19.2 Å². The summed E-state index contributed by atoms with van der Waals surface area (Å²) in [6.07, 6.45) is 5.35. The van der Waals surface area contributed by atoms with Gasteiger partial charge in [0.1, 0.15) is 0 Å². The number of nitrogens with zero attached hydrogens (tertiary/aromatic N) is 1. The van der Waals surface area contributed by atoms with Crippen LogP contribution in [-0.4, -0.2) is 42.4 Å². The van der Waals surface area contributed by atoms with E-state index in [4.69, 9.17) is 5.11 Å². The summed E-state index contributed by atoms with van der Waals surface area (Å²) >= 11 is 0. The molecule has 0 unspecified atom stereocenters. The molecular weight excluding hydrogens is 166 g/mol. The van der Waals surface area contributed by atoms with Gasteiger partial charge in [-0.05, 0) is 32.2 Å². The van der Waals surface area contributed by atoms with Crippen molar-refractivity contribution >= 4 is 0 Å². The van der Waals surface area contributed by atoms with Gasteiger partial charge in [0.05, 0.1) is 6.61 Å². The molecule has 13 heavy (non-hydrogen) atoms. The lowest BCUT2D eigenvalue weighted by atomic mass is 9.99. The standard InChI is InChI=1S/C10H20NO2/c12-8-3-7-11-6-2-1-4-10(11)5-9-13/h10,13H,1-9H2/t10-/m1/s1. The molecule has 3 nitrogen and oxygen atoms in total. The van der Waals surface area contributed by atoms with Crippen molar-refractivity contribution in [1.29, 1.82) is 0 Å². The lowest BCUT2D eigenvalue weighted by Crippen LogP contribution is -2.40. The minimum Gasteiger partial charge on any atom is -0.396 e. The van der Waals surface area contributed by atoms with E-state index in [9.17, 15) is 5.11 Å². The molecule has 77 valence electrons. The van der Waals surface area contributed by atoms with Crippen molar-refractivity contribution in [2.45, 2.75) is 38.1 Å². The third kappa shape index (κ3) is 3.63. The van der Waals surface area contributed by atoms with Crippen LogP contribution in [0.2, 0.25) is 0 Å². The molecule has 1 rings (SSSR count). The largest absolute Gasteiger partial charge is 0.396 e. The lowest BCUT2D eigenvalue weighted by Gasteiger charge is -2.35. The molecule has 1 radical (unpaired) electrons. The lowest BCUT2D eigenvalue weighted by molar-refractivity contribution is 0.101. The average molecular weight is 186 g/mol. The van der Waals surface area contributed by atoms with E-state index in [0.29, 0.717) is 6.04 Å². The van der Waals surface area contributed by atoms with E-state index in [0.717, 1.165) is 25.9 Å². The molecule has 1 aliphatic heterocycles. The van der Waals surface area contributed by atoms with E-state index < -0.39 is 0 Å². The zero-order valence-electron chi connectivity index (χ0n) is 8.24. The number of aliphatic hydroxyl groups is 1. The molecule has 1 fully saturated rings. The van der Waals surface area contributed by atoms with Crippen molar-refractivity contribution in [2.24, 2.45) is 0 Å². The van der Waals surface area contributed by atoms with Crippen LogP contribution >= 0.6 is 0 Å². The van der Waals surface area contributed by atoms with E-state index in [2.05, 4.69) is 4.90 Å². The summed E-state index contributed by atoms with van der Waals surface area (Å²) < 4.78 is 0. The third-order valence-corrected chi connectivity index (χ3v) is 2.80. The molecule has 1 N–H and O–H groups in total. The SMILES string of the molecule is [O]CCCN1CCCC[C@@H]1CCO. The quantitative estimate of drug-likeness (QED) is 0.697. The van der Waals surface area contributed by atoms with Gasteiger partial charge in [-0.25, -0.2) is 5.11 Å². The molecule has 1 aliphatic rings. The molecule has 3 heteroatoms. The van der Waals surface area contributed by atoms with Crippen molar-refractivity contribution < 1.29 is 10.2 Å². The van der Waals surface area contributed by atoms with Crippen LogP contribution < -0.4 is 0 Å². The number of hydrogen-bond donors (Lipinski definition) is 1. The van der Waals surface area contributed by atoms with Crippen molar-refractivity contribution in [2.75, 3.05) is 26.3 Å². The molecule has 0 aromatic carbocycles. The van der Waals surface area contributed by atoms with Gasteiger partial charge in [-0.15, -0.1) is 0 Å². The zero-order valence-corrected chi connectivity index (χ0v) is 8.24. The van der Waals surface area contributed by atoms with Crippen LogP contribution in [-0.2, 0) is 5.11 Å². The summed E-state index contributed by atoms with van der Waals surface area (Å²) in [6, 6.07) is 0.533. The van der Waals surface area contributed by atoms with Gasteiger partial charge in [-0.2, -0.15) is 0 Å². The van der Waals surface area contributed by atoms with Gasteiger partial charge in [-0.3, -0.25) is 0 Å². The summed E-state index contributed by atoms with van der Waals surface area (Å²) in [6.45, 7) is 2.35. The third-order valence-electron chi connectivity index (χ3n) is 2.80. The second-order valence-corrected chi connectivity index (χ2v) is 3.76. The molecule has 1 heterocycles. The fourth-order valence-electron chi connectivity index (χ4n) is 2.10. The van der Waals surface area contributed by atoms with E-state index in [1.54, 1.807) is 0 Å². The summed E-state index contributed by atoms with van der Waals surface area (Å²) in [4.78, 5) is 2.37. The second-order valence-electron chi connectivity index (χ2n) is 3.76. The normalized spacial score (nSPS) is 24.9. The Labute approximate surface area is 80.4 Å². The number of rotatable bonds is 5. The van der Waals surface area contributed by atoms with Crippen LogP contribution in [0.3, 0.4) is 0 Å². The van der Waals surface area contributed by atoms with Crippen LogP contribution in [0.1, 0.15) is 32.1 Å². The molecule has 0 aromatic rings. The maximum Gasteiger partial charge on any atom is 0.0834 e. The highest BCUT2D eigenvalue weighted by molar-refractivity contribution is 4.76. The molecular formula is C10H20NO2. The van der Waals surface area contributed by atoms with Gasteiger partial charge in [0.15, 0.2) is 0 Å². The van der Waals surface area contributed by atoms with Gasteiger partial charge < -0.3 is 10.0 Å². The highest BCUT2D eigenvalue weighted by Crippen LogP contribution is 2.19. The Balaban J connectivity index is 2.28. The maximum absolute atomic E-state index is 10.4. The Bertz CT molecular complexity index is 128. The van der Waals surface area contributed by atoms with Crippen LogP contribution in [0.4, 0.5) is 0 Å². The predicted octanol–water partition coefficient (Wildman–Crippen LogP) is 1.04. The summed E-state index contributed by atoms with van der Waals surface area (Å²) in [5.41, 5.74) is 0. The van der Waals surface area contributed by atoms with E-state index in [1.165, 1.54) is 19.3 Å². The van der Waals surface area contributed by atoms with E-state index in [1.807, 2.05) is 0 Å². The first-order valence-electron chi connectivity index (χ1n) is 5.31. The molecule has 0 aliphatic carbocycles. The maximum atomic E-state index is 10.4. The monoisotopic (exact) mass is 186 g/mol. The highest BCUT2D eigenvalue weighted by Gasteiger charge is 2.20. The summed E-state index contributed by atoms with van der Waals surface area (Å²) in [5, 5.41) is 19.2. The van der Waals surface area contributed by atoms with Crippen LogP contribution in [0, 0.1) is 0 Å². The first-order valence-corrected chi connectivity index (χ1v) is 5.31. The number of piperidine rings is 1. The number of hydrogen-bond acceptors (Lipinski definition) is 2. The van der Waals surface area contributed by atoms with Gasteiger partial charge in [0.2, 0.25) is 0 Å². The molecule has 0 spiro atoms. The molecule has 1 saturated heterocycles. The average Bonchev–Trinajstić information content (AvgIpc) is 2.17. The van der Waals surface area contributed by atoms with Gasteiger partial charge in [0.25, 0.3) is 0 Å². The molecule has 0 aromatic heterocycles.